The maximum atomic E-state index is 11.2. The Hall–Kier alpha value is -0.890. The Balaban J connectivity index is 1.91. The van der Waals surface area contributed by atoms with Crippen molar-refractivity contribution < 1.29 is 17.9 Å². The number of aromatic nitrogens is 1. The fraction of sp³-hybridized carbons (Fsp3) is 0.615. The highest BCUT2D eigenvalue weighted by atomic mass is 35.5. The van der Waals surface area contributed by atoms with Crippen molar-refractivity contribution >= 4 is 21.6 Å². The minimum Gasteiger partial charge on any atom is -0.477 e. The molecule has 6 nitrogen and oxygen atoms in total. The molecule has 0 saturated heterocycles. The Morgan fingerprint density at radius 1 is 1.33 bits per heavy atom. The number of halogens is 1. The van der Waals surface area contributed by atoms with Gasteiger partial charge in [-0.25, -0.2) is 18.5 Å². The lowest BCUT2D eigenvalue weighted by Crippen LogP contribution is -2.24. The van der Waals surface area contributed by atoms with Gasteiger partial charge in [-0.15, -0.1) is 0 Å². The third-order valence-electron chi connectivity index (χ3n) is 3.69. The second-order valence-corrected chi connectivity index (χ2v) is 7.06. The summed E-state index contributed by atoms with van der Waals surface area (Å²) in [5, 5.41) is 4.85. The highest BCUT2D eigenvalue weighted by molar-refractivity contribution is 7.89. The van der Waals surface area contributed by atoms with Crippen molar-refractivity contribution in [3.8, 4) is 5.88 Å². The molecule has 118 valence electrons. The van der Waals surface area contributed by atoms with Gasteiger partial charge in [0.05, 0.1) is 12.7 Å². The van der Waals surface area contributed by atoms with E-state index in [0.29, 0.717) is 24.5 Å². The third-order valence-corrected chi connectivity index (χ3v) is 5.03. The number of rotatable bonds is 5. The Labute approximate surface area is 129 Å². The molecule has 0 amide bonds. The van der Waals surface area contributed by atoms with Crippen molar-refractivity contribution in [2.45, 2.75) is 36.7 Å². The molecular formula is C13H19ClN2O4S. The molecule has 2 rings (SSSR count). The van der Waals surface area contributed by atoms with Crippen LogP contribution < -0.4 is 9.88 Å². The summed E-state index contributed by atoms with van der Waals surface area (Å²) in [6.45, 7) is 0.536. The molecule has 1 aromatic rings. The highest BCUT2D eigenvalue weighted by Crippen LogP contribution is 2.27. The van der Waals surface area contributed by atoms with Crippen LogP contribution in [0.15, 0.2) is 17.0 Å². The fourth-order valence-corrected chi connectivity index (χ4v) is 3.44. The number of nitrogens with two attached hydrogens (primary N) is 1. The van der Waals surface area contributed by atoms with Crippen LogP contribution in [0.1, 0.15) is 25.7 Å². The van der Waals surface area contributed by atoms with Gasteiger partial charge in [-0.3, -0.25) is 0 Å². The Kier molecular flexibility index (Phi) is 5.43. The van der Waals surface area contributed by atoms with Crippen molar-refractivity contribution in [1.29, 1.82) is 0 Å². The number of pyridine rings is 1. The number of hydrogen-bond acceptors (Lipinski definition) is 5. The largest absolute Gasteiger partial charge is 0.477 e. The van der Waals surface area contributed by atoms with Crippen molar-refractivity contribution in [1.82, 2.24) is 4.98 Å². The van der Waals surface area contributed by atoms with E-state index in [1.807, 2.05) is 0 Å². The van der Waals surface area contributed by atoms with Gasteiger partial charge in [0.2, 0.25) is 15.9 Å². The van der Waals surface area contributed by atoms with E-state index in [9.17, 15) is 8.42 Å². The topological polar surface area (TPSA) is 91.5 Å². The number of nitrogens with zero attached hydrogens (tertiary/aromatic N) is 1. The average molecular weight is 335 g/mol. The molecule has 1 aliphatic rings. The Bertz CT molecular complexity index is 586. The molecule has 0 unspecified atom stereocenters. The summed E-state index contributed by atoms with van der Waals surface area (Å²) in [6.07, 6.45) is 4.50. The van der Waals surface area contributed by atoms with Gasteiger partial charge in [0, 0.05) is 13.2 Å². The molecule has 1 fully saturated rings. The molecule has 1 saturated carbocycles. The molecule has 1 aliphatic carbocycles. The van der Waals surface area contributed by atoms with Gasteiger partial charge >= 0.3 is 0 Å². The van der Waals surface area contributed by atoms with E-state index in [-0.39, 0.29) is 10.0 Å². The molecule has 0 aromatic carbocycles. The lowest BCUT2D eigenvalue weighted by molar-refractivity contribution is 0.0478. The summed E-state index contributed by atoms with van der Waals surface area (Å²) in [7, 11) is -2.12. The van der Waals surface area contributed by atoms with E-state index >= 15 is 0 Å². The number of primary sulfonamides is 1. The maximum absolute atomic E-state index is 11.2. The predicted octanol–water partition coefficient (Wildman–Crippen LogP) is 1.97. The van der Waals surface area contributed by atoms with Crippen LogP contribution >= 0.6 is 11.6 Å². The normalized spacial score (nSPS) is 23.0. The summed E-state index contributed by atoms with van der Waals surface area (Å²) in [6, 6.07) is 2.77. The molecule has 1 aromatic heterocycles. The minimum atomic E-state index is -3.86. The second kappa shape index (κ2) is 6.91. The zero-order chi connectivity index (χ0) is 15.5. The van der Waals surface area contributed by atoms with Gasteiger partial charge in [-0.2, -0.15) is 0 Å². The van der Waals surface area contributed by atoms with E-state index in [4.69, 9.17) is 26.2 Å². The zero-order valence-corrected chi connectivity index (χ0v) is 13.4. The van der Waals surface area contributed by atoms with Crippen LogP contribution in [0.4, 0.5) is 0 Å². The molecule has 0 radical (unpaired) electrons. The highest BCUT2D eigenvalue weighted by Gasteiger charge is 2.21. The second-order valence-electron chi connectivity index (χ2n) is 5.17. The van der Waals surface area contributed by atoms with E-state index in [1.54, 1.807) is 7.11 Å². The number of methoxy groups -OCH3 is 1. The van der Waals surface area contributed by atoms with E-state index in [1.165, 1.54) is 12.1 Å². The van der Waals surface area contributed by atoms with Crippen molar-refractivity contribution in [2.75, 3.05) is 13.7 Å². The molecule has 0 bridgehead atoms. The zero-order valence-electron chi connectivity index (χ0n) is 11.8. The monoisotopic (exact) mass is 334 g/mol. The summed E-state index contributed by atoms with van der Waals surface area (Å²) in [4.78, 5) is 3.72. The van der Waals surface area contributed by atoms with Gasteiger partial charge in [-0.05, 0) is 37.7 Å². The molecular weight excluding hydrogens is 316 g/mol. The molecule has 0 aliphatic heterocycles. The molecule has 8 heteroatoms. The van der Waals surface area contributed by atoms with Gasteiger partial charge in [0.15, 0.2) is 5.15 Å². The first kappa shape index (κ1) is 16.5. The van der Waals surface area contributed by atoms with E-state index in [2.05, 4.69) is 4.98 Å². The number of sulfonamides is 1. The van der Waals surface area contributed by atoms with Crippen molar-refractivity contribution in [3.63, 3.8) is 0 Å². The number of hydrogen-bond donors (Lipinski definition) is 1. The summed E-state index contributed by atoms with van der Waals surface area (Å²) < 4.78 is 33.4. The van der Waals surface area contributed by atoms with Crippen LogP contribution in [0.2, 0.25) is 5.15 Å². The predicted molar refractivity (Wildman–Crippen MR) is 78.9 cm³/mol. The lowest BCUT2D eigenvalue weighted by atomic mass is 9.88. The fourth-order valence-electron chi connectivity index (χ4n) is 2.43. The van der Waals surface area contributed by atoms with Crippen LogP contribution in [-0.2, 0) is 14.8 Å². The van der Waals surface area contributed by atoms with Crippen LogP contribution in [0, 0.1) is 5.92 Å². The Morgan fingerprint density at radius 2 is 2.00 bits per heavy atom. The third kappa shape index (κ3) is 4.54. The van der Waals surface area contributed by atoms with Crippen molar-refractivity contribution in [2.24, 2.45) is 11.1 Å². The molecule has 2 N–H and O–H groups in total. The van der Waals surface area contributed by atoms with Crippen LogP contribution in [-0.4, -0.2) is 33.2 Å². The van der Waals surface area contributed by atoms with E-state index in [0.717, 1.165) is 25.7 Å². The minimum absolute atomic E-state index is 0.168. The van der Waals surface area contributed by atoms with Crippen LogP contribution in [0.5, 0.6) is 5.88 Å². The number of ether oxygens (including phenoxy) is 2. The standard InChI is InChI=1S/C13H19ClN2O4S/c1-19-10-4-2-9(3-5-10)8-20-12-7-6-11(13(14)16-12)21(15,17)18/h6-7,9-10H,2-5,8H2,1H3,(H2,15,17,18). The molecule has 21 heavy (non-hydrogen) atoms. The first-order valence-corrected chi connectivity index (χ1v) is 8.67. The quantitative estimate of drug-likeness (QED) is 0.831. The average Bonchev–Trinajstić information content (AvgIpc) is 2.44. The molecule has 0 atom stereocenters. The summed E-state index contributed by atoms with van der Waals surface area (Å²) >= 11 is 5.81. The lowest BCUT2D eigenvalue weighted by Gasteiger charge is -2.27. The van der Waals surface area contributed by atoms with Gasteiger partial charge in [-0.1, -0.05) is 11.6 Å². The van der Waals surface area contributed by atoms with Crippen LogP contribution in [0.3, 0.4) is 0 Å². The SMILES string of the molecule is COC1CCC(COc2ccc(S(N)(=O)=O)c(Cl)n2)CC1. The molecule has 1 heterocycles. The first-order valence-electron chi connectivity index (χ1n) is 6.75. The van der Waals surface area contributed by atoms with Gasteiger partial charge in [0.25, 0.3) is 0 Å². The Morgan fingerprint density at radius 3 is 2.52 bits per heavy atom. The smallest absolute Gasteiger partial charge is 0.241 e. The molecule has 0 spiro atoms. The van der Waals surface area contributed by atoms with Crippen molar-refractivity contribution in [3.05, 3.63) is 17.3 Å². The van der Waals surface area contributed by atoms with E-state index < -0.39 is 10.0 Å². The van der Waals surface area contributed by atoms with Gasteiger partial charge in [0.1, 0.15) is 4.90 Å². The van der Waals surface area contributed by atoms with Crippen LogP contribution in [0.25, 0.3) is 0 Å². The first-order chi connectivity index (χ1) is 9.90. The summed E-state index contributed by atoms with van der Waals surface area (Å²) in [5.41, 5.74) is 0. The summed E-state index contributed by atoms with van der Waals surface area (Å²) in [5.74, 6) is 0.760. The maximum Gasteiger partial charge on any atom is 0.241 e. The van der Waals surface area contributed by atoms with Gasteiger partial charge < -0.3 is 9.47 Å².